The second-order valence-corrected chi connectivity index (χ2v) is 7.74. The molecule has 1 fully saturated rings. The van der Waals surface area contributed by atoms with Crippen molar-refractivity contribution in [2.75, 3.05) is 18.5 Å². The highest BCUT2D eigenvalue weighted by Crippen LogP contribution is 2.26. The molecule has 1 N–H and O–H groups in total. The van der Waals surface area contributed by atoms with E-state index in [1.807, 2.05) is 18.2 Å². The molecule has 25 heavy (non-hydrogen) atoms. The molecule has 0 radical (unpaired) electrons. The molecular weight excluding hydrogens is 310 g/mol. The molecule has 1 unspecified atom stereocenters. The number of hydrogen-bond donors (Lipinski definition) is 1. The summed E-state index contributed by atoms with van der Waals surface area (Å²) in [4.78, 5) is 0. The van der Waals surface area contributed by atoms with Gasteiger partial charge < -0.3 is 14.8 Å². The lowest BCUT2D eigenvalue weighted by Crippen LogP contribution is -2.17. The quantitative estimate of drug-likeness (QED) is 0.789. The minimum Gasteiger partial charge on any atom is -0.489 e. The molecule has 0 aromatic heterocycles. The number of para-hydroxylation sites is 2. The van der Waals surface area contributed by atoms with Crippen LogP contribution in [0.5, 0.6) is 5.75 Å². The van der Waals surface area contributed by atoms with Crippen molar-refractivity contribution in [3.63, 3.8) is 0 Å². The zero-order chi connectivity index (χ0) is 17.7. The minimum absolute atomic E-state index is 0.189. The summed E-state index contributed by atoms with van der Waals surface area (Å²) in [5, 5.41) is 3.50. The fourth-order valence-electron chi connectivity index (χ4n) is 3.02. The Hall–Kier alpha value is -2.00. The number of benzene rings is 2. The zero-order valence-corrected chi connectivity index (χ0v) is 15.5. The first-order valence-electron chi connectivity index (χ1n) is 9.19. The van der Waals surface area contributed by atoms with Gasteiger partial charge in [-0.2, -0.15) is 0 Å². The van der Waals surface area contributed by atoms with Crippen molar-refractivity contribution in [3.05, 3.63) is 59.7 Å². The van der Waals surface area contributed by atoms with E-state index < -0.39 is 0 Å². The van der Waals surface area contributed by atoms with E-state index in [1.54, 1.807) is 0 Å². The first kappa shape index (κ1) is 17.8. The molecule has 1 atom stereocenters. The maximum absolute atomic E-state index is 5.99. The Bertz CT molecular complexity index is 667. The van der Waals surface area contributed by atoms with E-state index in [2.05, 4.69) is 56.4 Å². The molecule has 3 rings (SSSR count). The summed E-state index contributed by atoms with van der Waals surface area (Å²) in [5.41, 5.74) is 3.84. The normalized spacial score (nSPS) is 17.5. The average Bonchev–Trinajstić information content (AvgIpc) is 3.12. The smallest absolute Gasteiger partial charge is 0.142 e. The predicted octanol–water partition coefficient (Wildman–Crippen LogP) is 5.15. The van der Waals surface area contributed by atoms with E-state index >= 15 is 0 Å². The Morgan fingerprint density at radius 2 is 1.84 bits per heavy atom. The van der Waals surface area contributed by atoms with Crippen molar-refractivity contribution >= 4 is 5.69 Å². The number of rotatable bonds is 6. The standard InChI is InChI=1S/C22H29NO2/c1-22(2,3)18-12-10-17(11-13-18)15-23-20-8-4-5-9-21(20)25-16-19-7-6-14-24-19/h4-5,8-13,19,23H,6-7,14-16H2,1-3H3. The van der Waals surface area contributed by atoms with Crippen LogP contribution in [-0.2, 0) is 16.7 Å². The van der Waals surface area contributed by atoms with Crippen molar-refractivity contribution in [2.45, 2.75) is 51.7 Å². The topological polar surface area (TPSA) is 30.5 Å². The Balaban J connectivity index is 1.59. The lowest BCUT2D eigenvalue weighted by Gasteiger charge is -2.19. The van der Waals surface area contributed by atoms with Crippen LogP contribution < -0.4 is 10.1 Å². The molecule has 0 spiro atoms. The average molecular weight is 339 g/mol. The molecule has 0 saturated carbocycles. The van der Waals surface area contributed by atoms with Gasteiger partial charge in [0.2, 0.25) is 0 Å². The molecule has 3 nitrogen and oxygen atoms in total. The third-order valence-corrected chi connectivity index (χ3v) is 4.64. The SMILES string of the molecule is CC(C)(C)c1ccc(CNc2ccccc2OCC2CCCO2)cc1. The highest BCUT2D eigenvalue weighted by molar-refractivity contribution is 5.56. The molecule has 0 amide bonds. The summed E-state index contributed by atoms with van der Waals surface area (Å²) in [5.74, 6) is 0.893. The van der Waals surface area contributed by atoms with Gasteiger partial charge in [0.1, 0.15) is 12.4 Å². The largest absolute Gasteiger partial charge is 0.489 e. The molecule has 2 aromatic carbocycles. The van der Waals surface area contributed by atoms with Gasteiger partial charge in [-0.3, -0.25) is 0 Å². The van der Waals surface area contributed by atoms with Crippen LogP contribution >= 0.6 is 0 Å². The Labute approximate surface area is 151 Å². The second-order valence-electron chi connectivity index (χ2n) is 7.74. The summed E-state index contributed by atoms with van der Waals surface area (Å²) < 4.78 is 11.6. The first-order chi connectivity index (χ1) is 12.0. The summed E-state index contributed by atoms with van der Waals surface area (Å²) in [6, 6.07) is 17.0. The Kier molecular flexibility index (Phi) is 5.64. The van der Waals surface area contributed by atoms with Crippen LogP contribution in [0.4, 0.5) is 5.69 Å². The number of anilines is 1. The van der Waals surface area contributed by atoms with E-state index in [9.17, 15) is 0 Å². The van der Waals surface area contributed by atoms with Gasteiger partial charge in [-0.1, -0.05) is 57.2 Å². The van der Waals surface area contributed by atoms with Gasteiger partial charge in [-0.25, -0.2) is 0 Å². The number of ether oxygens (including phenoxy) is 2. The summed E-state index contributed by atoms with van der Waals surface area (Å²) in [6.07, 6.45) is 2.46. The molecule has 3 heteroatoms. The van der Waals surface area contributed by atoms with Gasteiger partial charge in [0, 0.05) is 13.2 Å². The predicted molar refractivity (Wildman–Crippen MR) is 103 cm³/mol. The highest BCUT2D eigenvalue weighted by atomic mass is 16.5. The van der Waals surface area contributed by atoms with Gasteiger partial charge in [0.15, 0.2) is 0 Å². The lowest BCUT2D eigenvalue weighted by molar-refractivity contribution is 0.0682. The molecule has 1 aliphatic rings. The van der Waals surface area contributed by atoms with Crippen LogP contribution in [0.1, 0.15) is 44.7 Å². The van der Waals surface area contributed by atoms with Crippen molar-refractivity contribution < 1.29 is 9.47 Å². The maximum Gasteiger partial charge on any atom is 0.142 e. The first-order valence-corrected chi connectivity index (χ1v) is 9.19. The second kappa shape index (κ2) is 7.92. The molecular formula is C22H29NO2. The lowest BCUT2D eigenvalue weighted by atomic mass is 9.87. The van der Waals surface area contributed by atoms with Crippen LogP contribution in [0.25, 0.3) is 0 Å². The number of hydrogen-bond acceptors (Lipinski definition) is 3. The van der Waals surface area contributed by atoms with Gasteiger partial charge in [0.05, 0.1) is 11.8 Å². The highest BCUT2D eigenvalue weighted by Gasteiger charge is 2.17. The van der Waals surface area contributed by atoms with Crippen LogP contribution in [-0.4, -0.2) is 19.3 Å². The molecule has 1 saturated heterocycles. The Morgan fingerprint density at radius 1 is 1.08 bits per heavy atom. The summed E-state index contributed by atoms with van der Waals surface area (Å²) in [6.45, 7) is 8.98. The third-order valence-electron chi connectivity index (χ3n) is 4.64. The van der Waals surface area contributed by atoms with Gasteiger partial charge in [-0.05, 0) is 41.5 Å². The summed E-state index contributed by atoms with van der Waals surface area (Å²) in [7, 11) is 0. The molecule has 1 aliphatic heterocycles. The van der Waals surface area contributed by atoms with E-state index in [-0.39, 0.29) is 11.5 Å². The van der Waals surface area contributed by atoms with Crippen molar-refractivity contribution in [2.24, 2.45) is 0 Å². The number of nitrogens with one attached hydrogen (secondary N) is 1. The van der Waals surface area contributed by atoms with E-state index in [0.29, 0.717) is 6.61 Å². The van der Waals surface area contributed by atoms with E-state index in [1.165, 1.54) is 11.1 Å². The van der Waals surface area contributed by atoms with Crippen molar-refractivity contribution in [1.29, 1.82) is 0 Å². The van der Waals surface area contributed by atoms with E-state index in [4.69, 9.17) is 9.47 Å². The maximum atomic E-state index is 5.99. The molecule has 1 heterocycles. The zero-order valence-electron chi connectivity index (χ0n) is 15.5. The van der Waals surface area contributed by atoms with Gasteiger partial charge >= 0.3 is 0 Å². The minimum atomic E-state index is 0.189. The van der Waals surface area contributed by atoms with Crippen molar-refractivity contribution in [1.82, 2.24) is 0 Å². The van der Waals surface area contributed by atoms with Crippen LogP contribution in [0.2, 0.25) is 0 Å². The fourth-order valence-corrected chi connectivity index (χ4v) is 3.02. The molecule has 0 aliphatic carbocycles. The summed E-state index contributed by atoms with van der Waals surface area (Å²) >= 11 is 0. The fraction of sp³-hybridized carbons (Fsp3) is 0.455. The van der Waals surface area contributed by atoms with Crippen LogP contribution in [0.3, 0.4) is 0 Å². The molecule has 2 aromatic rings. The monoisotopic (exact) mass is 339 g/mol. The van der Waals surface area contributed by atoms with E-state index in [0.717, 1.165) is 37.4 Å². The van der Waals surface area contributed by atoms with Crippen molar-refractivity contribution in [3.8, 4) is 5.75 Å². The van der Waals surface area contributed by atoms with Gasteiger partial charge in [0.25, 0.3) is 0 Å². The van der Waals surface area contributed by atoms with Crippen LogP contribution in [0.15, 0.2) is 48.5 Å². The van der Waals surface area contributed by atoms with Crippen LogP contribution in [0, 0.1) is 0 Å². The Morgan fingerprint density at radius 3 is 2.52 bits per heavy atom. The molecule has 134 valence electrons. The molecule has 0 bridgehead atoms. The third kappa shape index (κ3) is 4.99. The van der Waals surface area contributed by atoms with Gasteiger partial charge in [-0.15, -0.1) is 0 Å².